The first-order chi connectivity index (χ1) is 17.3. The Morgan fingerprint density at radius 1 is 1.25 bits per heavy atom. The average molecular weight is 515 g/mol. The topological polar surface area (TPSA) is 125 Å². The number of carbonyl (C=O) groups is 3. The van der Waals surface area contributed by atoms with Gasteiger partial charge in [0.25, 0.3) is 0 Å². The highest BCUT2D eigenvalue weighted by Crippen LogP contribution is 2.51. The molecule has 0 aromatic heterocycles. The maximum Gasteiger partial charge on any atom is 0.247 e. The quantitative estimate of drug-likeness (QED) is 0.459. The van der Waals surface area contributed by atoms with Gasteiger partial charge < -0.3 is 29.9 Å². The molecular weight excluding hydrogens is 488 g/mol. The number of amides is 2. The first-order valence-electron chi connectivity index (χ1n) is 11.4. The van der Waals surface area contributed by atoms with Crippen molar-refractivity contribution in [2.24, 2.45) is 0 Å². The van der Waals surface area contributed by atoms with Gasteiger partial charge in [0.15, 0.2) is 11.5 Å². The molecule has 0 bridgehead atoms. The number of fused-ring (bicyclic) bond motifs is 3. The van der Waals surface area contributed by atoms with Gasteiger partial charge in [0.1, 0.15) is 18.5 Å². The van der Waals surface area contributed by atoms with Crippen LogP contribution in [-0.2, 0) is 16.1 Å². The lowest BCUT2D eigenvalue weighted by Gasteiger charge is -2.40. The summed E-state index contributed by atoms with van der Waals surface area (Å²) in [5, 5.41) is 23.9. The summed E-state index contributed by atoms with van der Waals surface area (Å²) < 4.78 is 11.5. The van der Waals surface area contributed by atoms with Crippen LogP contribution in [0, 0.1) is 0 Å². The van der Waals surface area contributed by atoms with Crippen LogP contribution in [0.5, 0.6) is 11.5 Å². The molecule has 1 aliphatic heterocycles. The molecule has 9 nitrogen and oxygen atoms in total. The Balaban J connectivity index is 1.79. The minimum atomic E-state index is -1.20. The van der Waals surface area contributed by atoms with Gasteiger partial charge in [-0.25, -0.2) is 0 Å². The van der Waals surface area contributed by atoms with Crippen LogP contribution in [0.3, 0.4) is 0 Å². The number of methoxy groups -OCH3 is 1. The number of aldehydes is 1. The van der Waals surface area contributed by atoms with E-state index in [2.05, 4.69) is 5.32 Å². The maximum atomic E-state index is 13.2. The fraction of sp³-hybridized carbons (Fsp3) is 0.346. The Bertz CT molecular complexity index is 1200. The number of rotatable bonds is 8. The molecule has 0 saturated carbocycles. The number of halogens is 1. The number of benzene rings is 2. The molecule has 10 heteroatoms. The third-order valence-electron chi connectivity index (χ3n) is 6.44. The number of aliphatic hydroxyl groups is 2. The van der Waals surface area contributed by atoms with E-state index in [1.807, 2.05) is 0 Å². The third kappa shape index (κ3) is 4.82. The summed E-state index contributed by atoms with van der Waals surface area (Å²) in [6.45, 7) is 1.32. The molecule has 1 aliphatic carbocycles. The van der Waals surface area contributed by atoms with Crippen molar-refractivity contribution in [3.05, 3.63) is 69.8 Å². The minimum absolute atomic E-state index is 0.0212. The Hall–Kier alpha value is -3.40. The molecule has 2 amide bonds. The van der Waals surface area contributed by atoms with Gasteiger partial charge in [0.2, 0.25) is 11.8 Å². The Labute approximate surface area is 213 Å². The van der Waals surface area contributed by atoms with Crippen LogP contribution in [0.15, 0.2) is 48.0 Å². The third-order valence-corrected chi connectivity index (χ3v) is 6.69. The van der Waals surface area contributed by atoms with Crippen LogP contribution >= 0.6 is 11.6 Å². The van der Waals surface area contributed by atoms with Crippen molar-refractivity contribution in [2.45, 2.75) is 37.6 Å². The lowest BCUT2D eigenvalue weighted by Crippen LogP contribution is -2.55. The Morgan fingerprint density at radius 3 is 2.58 bits per heavy atom. The van der Waals surface area contributed by atoms with Crippen molar-refractivity contribution < 1.29 is 34.1 Å². The fourth-order valence-corrected chi connectivity index (χ4v) is 4.90. The molecule has 4 rings (SSSR count). The highest BCUT2D eigenvalue weighted by atomic mass is 35.5. The summed E-state index contributed by atoms with van der Waals surface area (Å²) >= 11 is 5.99. The molecular formula is C26H27ClN2O7. The van der Waals surface area contributed by atoms with E-state index in [4.69, 9.17) is 21.1 Å². The number of hydrogen-bond donors (Lipinski definition) is 3. The molecule has 0 saturated heterocycles. The SMILES string of the molecule is COc1cc(C=O)cc2c1O[C@@H]1[C@@H](O)[C@H](N(Cc3ccc(Cl)cc3)C(C)=O)C=C(C(=O)NCCO)[C@H]21. The van der Waals surface area contributed by atoms with Gasteiger partial charge in [-0.2, -0.15) is 0 Å². The van der Waals surface area contributed by atoms with Gasteiger partial charge in [-0.3, -0.25) is 14.4 Å². The molecule has 0 fully saturated rings. The van der Waals surface area contributed by atoms with E-state index in [0.29, 0.717) is 33.9 Å². The van der Waals surface area contributed by atoms with Crippen molar-refractivity contribution >= 4 is 29.7 Å². The molecule has 36 heavy (non-hydrogen) atoms. The summed E-state index contributed by atoms with van der Waals surface area (Å²) in [6.07, 6.45) is 0.107. The molecule has 0 radical (unpaired) electrons. The zero-order valence-electron chi connectivity index (χ0n) is 19.8. The first kappa shape index (κ1) is 25.7. The van der Waals surface area contributed by atoms with Crippen molar-refractivity contribution in [3.63, 3.8) is 0 Å². The van der Waals surface area contributed by atoms with Crippen LogP contribution in [0.25, 0.3) is 0 Å². The lowest BCUT2D eigenvalue weighted by atomic mass is 9.77. The van der Waals surface area contributed by atoms with Crippen molar-refractivity contribution in [3.8, 4) is 11.5 Å². The molecule has 4 atom stereocenters. The van der Waals surface area contributed by atoms with Crippen LogP contribution in [0.4, 0.5) is 0 Å². The van der Waals surface area contributed by atoms with E-state index in [1.165, 1.54) is 25.0 Å². The maximum absolute atomic E-state index is 13.2. The monoisotopic (exact) mass is 514 g/mol. The molecule has 2 aromatic carbocycles. The highest BCUT2D eigenvalue weighted by Gasteiger charge is 2.51. The summed E-state index contributed by atoms with van der Waals surface area (Å²) in [7, 11) is 1.43. The van der Waals surface area contributed by atoms with E-state index >= 15 is 0 Å². The van der Waals surface area contributed by atoms with Crippen LogP contribution in [-0.4, -0.2) is 71.7 Å². The number of hydrogen-bond acceptors (Lipinski definition) is 7. The second-order valence-corrected chi connectivity index (χ2v) is 9.11. The second-order valence-electron chi connectivity index (χ2n) is 8.68. The molecule has 1 heterocycles. The standard InChI is InChI=1S/C26H27ClN2O7/c1-14(32)29(12-15-3-5-17(27)6-4-15)20-11-19(26(34)28-7-8-30)22-18-9-16(13-31)10-21(35-2)24(18)36-25(22)23(20)33/h3-6,9-11,13,20,22-23,25,30,33H,7-8,12H2,1-2H3,(H,28,34)/t20-,22+,23+,25+/m1/s1. The Kier molecular flexibility index (Phi) is 7.63. The predicted molar refractivity (Wildman–Crippen MR) is 131 cm³/mol. The van der Waals surface area contributed by atoms with E-state index in [-0.39, 0.29) is 31.2 Å². The van der Waals surface area contributed by atoms with Crippen molar-refractivity contribution in [1.29, 1.82) is 0 Å². The van der Waals surface area contributed by atoms with Crippen LogP contribution < -0.4 is 14.8 Å². The average Bonchev–Trinajstić information content (AvgIpc) is 3.26. The van der Waals surface area contributed by atoms with Gasteiger partial charge in [0.05, 0.1) is 25.7 Å². The van der Waals surface area contributed by atoms with Gasteiger partial charge in [0, 0.05) is 41.7 Å². The first-order valence-corrected chi connectivity index (χ1v) is 11.8. The normalized spacial score (nSPS) is 22.0. The smallest absolute Gasteiger partial charge is 0.247 e. The molecule has 2 aromatic rings. The van der Waals surface area contributed by atoms with E-state index < -0.39 is 30.1 Å². The predicted octanol–water partition coefficient (Wildman–Crippen LogP) is 1.83. The van der Waals surface area contributed by atoms with E-state index in [0.717, 1.165) is 5.56 Å². The van der Waals surface area contributed by atoms with Crippen LogP contribution in [0.1, 0.15) is 34.3 Å². The number of nitrogens with zero attached hydrogens (tertiary/aromatic N) is 1. The van der Waals surface area contributed by atoms with E-state index in [9.17, 15) is 24.6 Å². The van der Waals surface area contributed by atoms with E-state index in [1.54, 1.807) is 36.4 Å². The summed E-state index contributed by atoms with van der Waals surface area (Å²) in [4.78, 5) is 39.0. The number of ether oxygens (including phenoxy) is 2. The molecule has 2 aliphatic rings. The van der Waals surface area contributed by atoms with Gasteiger partial charge in [-0.15, -0.1) is 0 Å². The largest absolute Gasteiger partial charge is 0.493 e. The van der Waals surface area contributed by atoms with Gasteiger partial charge >= 0.3 is 0 Å². The summed E-state index contributed by atoms with van der Waals surface area (Å²) in [6, 6.07) is 9.21. The van der Waals surface area contributed by atoms with Gasteiger partial charge in [-0.05, 0) is 35.9 Å². The fourth-order valence-electron chi connectivity index (χ4n) is 4.77. The second kappa shape index (κ2) is 10.7. The van der Waals surface area contributed by atoms with Crippen LogP contribution in [0.2, 0.25) is 5.02 Å². The minimum Gasteiger partial charge on any atom is -0.493 e. The molecule has 0 unspecified atom stereocenters. The molecule has 190 valence electrons. The number of aliphatic hydroxyl groups excluding tert-OH is 2. The molecule has 0 spiro atoms. The molecule has 3 N–H and O–H groups in total. The zero-order valence-corrected chi connectivity index (χ0v) is 20.6. The van der Waals surface area contributed by atoms with Crippen molar-refractivity contribution in [2.75, 3.05) is 20.3 Å². The Morgan fingerprint density at radius 2 is 1.97 bits per heavy atom. The highest BCUT2D eigenvalue weighted by molar-refractivity contribution is 6.30. The summed E-state index contributed by atoms with van der Waals surface area (Å²) in [5.74, 6) is -0.880. The number of carbonyl (C=O) groups excluding carboxylic acids is 3. The lowest BCUT2D eigenvalue weighted by molar-refractivity contribution is -0.135. The zero-order chi connectivity index (χ0) is 26.0. The number of nitrogens with one attached hydrogen (secondary N) is 1. The van der Waals surface area contributed by atoms with Crippen molar-refractivity contribution in [1.82, 2.24) is 10.2 Å². The van der Waals surface area contributed by atoms with Gasteiger partial charge in [-0.1, -0.05) is 23.7 Å². The summed E-state index contributed by atoms with van der Waals surface area (Å²) in [5.41, 5.74) is 1.90.